The molecule has 0 aliphatic heterocycles. The third-order valence-electron chi connectivity index (χ3n) is 2.38. The van der Waals surface area contributed by atoms with Crippen molar-refractivity contribution in [3.8, 4) is 0 Å². The van der Waals surface area contributed by atoms with Crippen LogP contribution in [-0.4, -0.2) is 18.9 Å². The fourth-order valence-electron chi connectivity index (χ4n) is 1.38. The highest BCUT2D eigenvalue weighted by atomic mass is 19.1. The van der Waals surface area contributed by atoms with E-state index in [-0.39, 0.29) is 23.1 Å². The molecule has 0 saturated heterocycles. The Balaban J connectivity index is 3.14. The zero-order chi connectivity index (χ0) is 13.7. The van der Waals surface area contributed by atoms with Crippen LogP contribution >= 0.6 is 0 Å². The number of esters is 1. The Labute approximate surface area is 105 Å². The summed E-state index contributed by atoms with van der Waals surface area (Å²) in [6.45, 7) is 3.40. The van der Waals surface area contributed by atoms with E-state index in [0.717, 1.165) is 0 Å². The summed E-state index contributed by atoms with van der Waals surface area (Å²) in [5.74, 6) is -1.66. The van der Waals surface area contributed by atoms with Crippen LogP contribution in [0.1, 0.15) is 19.4 Å². The third kappa shape index (κ3) is 3.52. The van der Waals surface area contributed by atoms with Crippen LogP contribution < -0.4 is 0 Å². The summed E-state index contributed by atoms with van der Waals surface area (Å²) in [6, 6.07) is 5.51. The number of carbonyl (C=O) groups excluding carboxylic acids is 2. The summed E-state index contributed by atoms with van der Waals surface area (Å²) in [7, 11) is 1.22. The fourth-order valence-corrected chi connectivity index (χ4v) is 1.38. The topological polar surface area (TPSA) is 43.4 Å². The molecule has 0 fully saturated rings. The monoisotopic (exact) mass is 250 g/mol. The molecule has 0 spiro atoms. The molecule has 18 heavy (non-hydrogen) atoms. The first-order valence-electron chi connectivity index (χ1n) is 5.55. The van der Waals surface area contributed by atoms with Gasteiger partial charge in [0, 0.05) is 5.92 Å². The van der Waals surface area contributed by atoms with Crippen molar-refractivity contribution >= 4 is 17.8 Å². The molecular weight excluding hydrogens is 235 g/mol. The molecule has 0 aromatic heterocycles. The van der Waals surface area contributed by atoms with E-state index in [4.69, 9.17) is 0 Å². The van der Waals surface area contributed by atoms with E-state index < -0.39 is 5.97 Å². The Kier molecular flexibility index (Phi) is 4.77. The van der Waals surface area contributed by atoms with E-state index in [1.165, 1.54) is 37.5 Å². The van der Waals surface area contributed by atoms with E-state index in [2.05, 4.69) is 4.74 Å². The molecule has 0 atom stereocenters. The summed E-state index contributed by atoms with van der Waals surface area (Å²) in [6.07, 6.45) is 1.41. The molecule has 0 heterocycles. The average Bonchev–Trinajstić information content (AvgIpc) is 2.36. The first kappa shape index (κ1) is 14.1. The lowest BCUT2D eigenvalue weighted by Gasteiger charge is -2.07. The largest absolute Gasteiger partial charge is 0.465 e. The number of ether oxygens (including phenoxy) is 1. The van der Waals surface area contributed by atoms with E-state index in [9.17, 15) is 14.0 Å². The van der Waals surface area contributed by atoms with Crippen molar-refractivity contribution < 1.29 is 18.7 Å². The number of methoxy groups -OCH3 is 1. The first-order valence-corrected chi connectivity index (χ1v) is 5.55. The second kappa shape index (κ2) is 6.10. The van der Waals surface area contributed by atoms with Crippen LogP contribution in [-0.2, 0) is 14.3 Å². The molecule has 3 nitrogen and oxygen atoms in total. The zero-order valence-corrected chi connectivity index (χ0v) is 10.6. The Morgan fingerprint density at radius 2 is 1.78 bits per heavy atom. The lowest BCUT2D eigenvalue weighted by molar-refractivity contribution is -0.138. The molecule has 1 rings (SSSR count). The molecule has 0 radical (unpaired) electrons. The van der Waals surface area contributed by atoms with Gasteiger partial charge in [0.25, 0.3) is 0 Å². The van der Waals surface area contributed by atoms with Gasteiger partial charge in [-0.2, -0.15) is 0 Å². The molecule has 96 valence electrons. The van der Waals surface area contributed by atoms with Crippen LogP contribution in [0.15, 0.2) is 29.8 Å². The van der Waals surface area contributed by atoms with Crippen molar-refractivity contribution in [3.05, 3.63) is 41.2 Å². The molecule has 0 amide bonds. The minimum absolute atomic E-state index is 0.0286. The van der Waals surface area contributed by atoms with E-state index in [1.807, 2.05) is 0 Å². The Morgan fingerprint density at radius 1 is 1.22 bits per heavy atom. The fraction of sp³-hybridized carbons (Fsp3) is 0.286. The van der Waals surface area contributed by atoms with Crippen molar-refractivity contribution in [2.45, 2.75) is 13.8 Å². The zero-order valence-electron chi connectivity index (χ0n) is 10.6. The standard InChI is InChI=1S/C14H15FO3/c1-9(2)13(16)12(14(17)18-3)8-10-4-6-11(15)7-5-10/h4-9H,1-3H3. The molecule has 1 aromatic carbocycles. The highest BCUT2D eigenvalue weighted by Crippen LogP contribution is 2.14. The van der Waals surface area contributed by atoms with Gasteiger partial charge in [0.15, 0.2) is 5.78 Å². The van der Waals surface area contributed by atoms with Crippen molar-refractivity contribution in [1.29, 1.82) is 0 Å². The quantitative estimate of drug-likeness (QED) is 0.357. The minimum Gasteiger partial charge on any atom is -0.465 e. The van der Waals surface area contributed by atoms with Gasteiger partial charge in [0.1, 0.15) is 11.4 Å². The predicted molar refractivity (Wildman–Crippen MR) is 66.2 cm³/mol. The molecular formula is C14H15FO3. The van der Waals surface area contributed by atoms with Crippen LogP contribution in [0.4, 0.5) is 4.39 Å². The molecule has 0 aliphatic rings. The molecule has 0 N–H and O–H groups in total. The lowest BCUT2D eigenvalue weighted by Crippen LogP contribution is -2.18. The second-order valence-electron chi connectivity index (χ2n) is 4.12. The van der Waals surface area contributed by atoms with Crippen molar-refractivity contribution in [2.75, 3.05) is 7.11 Å². The maximum absolute atomic E-state index is 12.8. The molecule has 1 aromatic rings. The smallest absolute Gasteiger partial charge is 0.341 e. The number of Topliss-reactive ketones (excluding diaryl/α,β-unsaturated/α-hetero) is 1. The highest BCUT2D eigenvalue weighted by Gasteiger charge is 2.21. The van der Waals surface area contributed by atoms with Gasteiger partial charge in [-0.05, 0) is 23.8 Å². The van der Waals surface area contributed by atoms with Gasteiger partial charge in [-0.3, -0.25) is 4.79 Å². The average molecular weight is 250 g/mol. The van der Waals surface area contributed by atoms with Crippen molar-refractivity contribution in [1.82, 2.24) is 0 Å². The van der Waals surface area contributed by atoms with E-state index in [1.54, 1.807) is 13.8 Å². The highest BCUT2D eigenvalue weighted by molar-refractivity contribution is 6.21. The third-order valence-corrected chi connectivity index (χ3v) is 2.38. The van der Waals surface area contributed by atoms with Crippen LogP contribution in [0, 0.1) is 11.7 Å². The number of rotatable bonds is 4. The predicted octanol–water partition coefficient (Wildman–Crippen LogP) is 2.61. The summed E-state index contributed by atoms with van der Waals surface area (Å²) in [5.41, 5.74) is 0.546. The van der Waals surface area contributed by atoms with Crippen LogP contribution in [0.25, 0.3) is 6.08 Å². The Morgan fingerprint density at radius 3 is 2.22 bits per heavy atom. The maximum Gasteiger partial charge on any atom is 0.341 e. The van der Waals surface area contributed by atoms with Crippen LogP contribution in [0.5, 0.6) is 0 Å². The SMILES string of the molecule is COC(=O)C(=Cc1ccc(F)cc1)C(=O)C(C)C. The number of halogens is 1. The van der Waals surface area contributed by atoms with E-state index in [0.29, 0.717) is 5.56 Å². The molecule has 0 unspecified atom stereocenters. The van der Waals surface area contributed by atoms with Crippen LogP contribution in [0.3, 0.4) is 0 Å². The van der Waals surface area contributed by atoms with Gasteiger partial charge < -0.3 is 4.74 Å². The summed E-state index contributed by atoms with van der Waals surface area (Å²) in [5, 5.41) is 0. The van der Waals surface area contributed by atoms with Gasteiger partial charge in [-0.1, -0.05) is 26.0 Å². The summed E-state index contributed by atoms with van der Waals surface area (Å²) >= 11 is 0. The second-order valence-corrected chi connectivity index (χ2v) is 4.12. The minimum atomic E-state index is -0.682. The number of carbonyl (C=O) groups is 2. The maximum atomic E-state index is 12.8. The molecule has 0 aliphatic carbocycles. The van der Waals surface area contributed by atoms with Crippen LogP contribution in [0.2, 0.25) is 0 Å². The van der Waals surface area contributed by atoms with Gasteiger partial charge in [0.2, 0.25) is 0 Å². The molecule has 0 saturated carbocycles. The number of benzene rings is 1. The Bertz CT molecular complexity index is 472. The van der Waals surface area contributed by atoms with Gasteiger partial charge in [0.05, 0.1) is 7.11 Å². The normalized spacial score (nSPS) is 11.5. The first-order chi connectivity index (χ1) is 8.45. The molecule has 0 bridgehead atoms. The number of hydrogen-bond donors (Lipinski definition) is 0. The summed E-state index contributed by atoms with van der Waals surface area (Å²) in [4.78, 5) is 23.4. The van der Waals surface area contributed by atoms with Gasteiger partial charge in [-0.25, -0.2) is 9.18 Å². The lowest BCUT2D eigenvalue weighted by atomic mass is 9.99. The van der Waals surface area contributed by atoms with Gasteiger partial charge in [-0.15, -0.1) is 0 Å². The van der Waals surface area contributed by atoms with Crippen molar-refractivity contribution in [3.63, 3.8) is 0 Å². The van der Waals surface area contributed by atoms with E-state index >= 15 is 0 Å². The Hall–Kier alpha value is -1.97. The van der Waals surface area contributed by atoms with Crippen molar-refractivity contribution in [2.24, 2.45) is 5.92 Å². The van der Waals surface area contributed by atoms with Gasteiger partial charge >= 0.3 is 5.97 Å². The number of hydrogen-bond acceptors (Lipinski definition) is 3. The summed E-state index contributed by atoms with van der Waals surface area (Å²) < 4.78 is 17.3. The number of ketones is 1. The molecule has 4 heteroatoms.